The lowest BCUT2D eigenvalue weighted by atomic mass is 10.1. The average molecular weight is 599 g/mol. The molecule has 8 nitrogen and oxygen atoms in total. The fraction of sp³-hybridized carbons (Fsp3) is 0.0968. The van der Waals surface area contributed by atoms with Gasteiger partial charge in [-0.1, -0.05) is 48.5 Å². The van der Waals surface area contributed by atoms with Crippen LogP contribution in [0.15, 0.2) is 95.0 Å². The first-order chi connectivity index (χ1) is 19.4. The van der Waals surface area contributed by atoms with Crippen molar-refractivity contribution in [2.24, 2.45) is 0 Å². The van der Waals surface area contributed by atoms with Gasteiger partial charge in [-0.15, -0.1) is 0 Å². The predicted molar refractivity (Wildman–Crippen MR) is 154 cm³/mol. The normalized spacial score (nSPS) is 14.4. The van der Waals surface area contributed by atoms with Crippen molar-refractivity contribution in [1.29, 1.82) is 0 Å². The minimum absolute atomic E-state index is 0.201. The number of fused-ring (bicyclic) bond motifs is 1. The zero-order valence-electron chi connectivity index (χ0n) is 21.3. The molecular formula is C31H23BrN2O6. The highest BCUT2D eigenvalue weighted by atomic mass is 79.9. The molecule has 4 aromatic carbocycles. The number of hydrogen-bond donors (Lipinski definition) is 1. The molecule has 4 amide bonds. The van der Waals surface area contributed by atoms with E-state index in [1.807, 2.05) is 42.5 Å². The highest BCUT2D eigenvalue weighted by Gasteiger charge is 2.36. The Bertz CT molecular complexity index is 1670. The smallest absolute Gasteiger partial charge is 0.338 e. The van der Waals surface area contributed by atoms with Crippen molar-refractivity contribution in [3.8, 4) is 5.75 Å². The second-order valence-corrected chi connectivity index (χ2v) is 9.70. The van der Waals surface area contributed by atoms with Crippen LogP contribution < -0.4 is 15.0 Å². The summed E-state index contributed by atoms with van der Waals surface area (Å²) in [6.07, 6.45) is 1.41. The van der Waals surface area contributed by atoms with Gasteiger partial charge in [-0.2, -0.15) is 0 Å². The standard InChI is InChI=1S/C31H23BrN2O6/c1-2-39-30(37)21-11-13-23(14-12-21)34-29(36)25(28(35)33-31(34)38)16-19-10-15-27(26(32)17-19)40-18-22-8-5-7-20-6-3-4-9-24(20)22/h3-17H,2,18H2,1H3,(H,33,35,38)/b25-16+. The van der Waals surface area contributed by atoms with Crippen LogP contribution in [-0.2, 0) is 20.9 Å². The van der Waals surface area contributed by atoms with E-state index in [1.54, 1.807) is 25.1 Å². The molecule has 0 radical (unpaired) electrons. The van der Waals surface area contributed by atoms with Crippen LogP contribution in [-0.4, -0.2) is 30.4 Å². The second kappa shape index (κ2) is 11.5. The minimum atomic E-state index is -0.880. The minimum Gasteiger partial charge on any atom is -0.488 e. The number of benzene rings is 4. The first-order valence-electron chi connectivity index (χ1n) is 12.4. The van der Waals surface area contributed by atoms with Crippen molar-refractivity contribution >= 4 is 62.3 Å². The van der Waals surface area contributed by atoms with E-state index >= 15 is 0 Å². The third-order valence-corrected chi connectivity index (χ3v) is 6.89. The zero-order valence-corrected chi connectivity index (χ0v) is 22.9. The number of barbiturate groups is 1. The van der Waals surface area contributed by atoms with Gasteiger partial charge in [-0.25, -0.2) is 14.5 Å². The summed E-state index contributed by atoms with van der Waals surface area (Å²) >= 11 is 3.51. The number of carbonyl (C=O) groups is 4. The summed E-state index contributed by atoms with van der Waals surface area (Å²) < 4.78 is 11.6. The first-order valence-corrected chi connectivity index (χ1v) is 13.2. The number of anilines is 1. The third-order valence-electron chi connectivity index (χ3n) is 6.27. The van der Waals surface area contributed by atoms with Gasteiger partial charge in [0.1, 0.15) is 17.9 Å². The Labute approximate surface area is 238 Å². The summed E-state index contributed by atoms with van der Waals surface area (Å²) in [6, 6.07) is 24.2. The number of carbonyl (C=O) groups excluding carboxylic acids is 4. The largest absolute Gasteiger partial charge is 0.488 e. The summed E-state index contributed by atoms with van der Waals surface area (Å²) in [5.74, 6) is -1.52. The number of nitrogens with zero attached hydrogens (tertiary/aromatic N) is 1. The molecule has 0 aromatic heterocycles. The van der Waals surface area contributed by atoms with E-state index in [9.17, 15) is 19.2 Å². The molecule has 0 bridgehead atoms. The molecule has 40 heavy (non-hydrogen) atoms. The molecule has 1 N–H and O–H groups in total. The Balaban J connectivity index is 1.35. The average Bonchev–Trinajstić information content (AvgIpc) is 2.95. The quantitative estimate of drug-likeness (QED) is 0.158. The van der Waals surface area contributed by atoms with Crippen LogP contribution in [0, 0.1) is 0 Å². The lowest BCUT2D eigenvalue weighted by molar-refractivity contribution is -0.122. The number of imide groups is 2. The molecule has 9 heteroatoms. The summed E-state index contributed by atoms with van der Waals surface area (Å²) in [6.45, 7) is 2.27. The molecule has 1 fully saturated rings. The van der Waals surface area contributed by atoms with Crippen molar-refractivity contribution in [2.45, 2.75) is 13.5 Å². The van der Waals surface area contributed by atoms with Crippen molar-refractivity contribution in [3.63, 3.8) is 0 Å². The highest BCUT2D eigenvalue weighted by molar-refractivity contribution is 9.10. The van der Waals surface area contributed by atoms with Gasteiger partial charge in [0.05, 0.1) is 22.3 Å². The summed E-state index contributed by atoms with van der Waals surface area (Å²) in [7, 11) is 0. The van der Waals surface area contributed by atoms with E-state index < -0.39 is 23.8 Å². The maximum atomic E-state index is 13.2. The van der Waals surface area contributed by atoms with Crippen molar-refractivity contribution in [1.82, 2.24) is 5.32 Å². The summed E-state index contributed by atoms with van der Waals surface area (Å²) in [5, 5.41) is 4.43. The second-order valence-electron chi connectivity index (χ2n) is 8.84. The first kappa shape index (κ1) is 26.8. The molecule has 0 unspecified atom stereocenters. The predicted octanol–water partition coefficient (Wildman–Crippen LogP) is 6.02. The molecule has 0 saturated carbocycles. The van der Waals surface area contributed by atoms with Gasteiger partial charge in [-0.3, -0.25) is 14.9 Å². The molecular weight excluding hydrogens is 576 g/mol. The van der Waals surface area contributed by atoms with E-state index in [1.165, 1.54) is 30.3 Å². The van der Waals surface area contributed by atoms with Crippen molar-refractivity contribution < 1.29 is 28.7 Å². The molecule has 4 aromatic rings. The van der Waals surface area contributed by atoms with Crippen LogP contribution in [0.2, 0.25) is 0 Å². The van der Waals surface area contributed by atoms with Gasteiger partial charge in [0.25, 0.3) is 11.8 Å². The number of urea groups is 1. The lowest BCUT2D eigenvalue weighted by Gasteiger charge is -2.26. The number of nitrogens with one attached hydrogen (secondary N) is 1. The molecule has 0 atom stereocenters. The number of amides is 4. The van der Waals surface area contributed by atoms with E-state index in [-0.39, 0.29) is 23.4 Å². The number of hydrogen-bond acceptors (Lipinski definition) is 6. The Kier molecular flexibility index (Phi) is 7.75. The highest BCUT2D eigenvalue weighted by Crippen LogP contribution is 2.30. The molecule has 0 spiro atoms. The summed E-state index contributed by atoms with van der Waals surface area (Å²) in [4.78, 5) is 51.1. The maximum Gasteiger partial charge on any atom is 0.338 e. The number of ether oxygens (including phenoxy) is 2. The van der Waals surface area contributed by atoms with Gasteiger partial charge in [-0.05, 0) is 87.2 Å². The third kappa shape index (κ3) is 5.50. The number of halogens is 1. The van der Waals surface area contributed by atoms with Crippen LogP contribution in [0.1, 0.15) is 28.4 Å². The Morgan fingerprint density at radius 1 is 0.950 bits per heavy atom. The number of esters is 1. The van der Waals surface area contributed by atoms with Gasteiger partial charge < -0.3 is 9.47 Å². The molecule has 1 aliphatic heterocycles. The van der Waals surface area contributed by atoms with Crippen molar-refractivity contribution in [3.05, 3.63) is 112 Å². The SMILES string of the molecule is CCOC(=O)c1ccc(N2C(=O)NC(=O)/C(=C\c3ccc(OCc4cccc5ccccc45)c(Br)c3)C2=O)cc1. The van der Waals surface area contributed by atoms with Gasteiger partial charge in [0.2, 0.25) is 0 Å². The molecule has 1 saturated heterocycles. The fourth-order valence-electron chi connectivity index (χ4n) is 4.32. The van der Waals surface area contributed by atoms with E-state index in [0.717, 1.165) is 21.2 Å². The molecule has 5 rings (SSSR count). The van der Waals surface area contributed by atoms with Crippen LogP contribution in [0.5, 0.6) is 5.75 Å². The topological polar surface area (TPSA) is 102 Å². The van der Waals surface area contributed by atoms with E-state index in [0.29, 0.717) is 22.4 Å². The van der Waals surface area contributed by atoms with Crippen LogP contribution in [0.25, 0.3) is 16.8 Å². The zero-order chi connectivity index (χ0) is 28.2. The monoisotopic (exact) mass is 598 g/mol. The Morgan fingerprint density at radius 2 is 1.70 bits per heavy atom. The van der Waals surface area contributed by atoms with E-state index in [4.69, 9.17) is 9.47 Å². The van der Waals surface area contributed by atoms with Gasteiger partial charge in [0, 0.05) is 0 Å². The van der Waals surface area contributed by atoms with Crippen LogP contribution >= 0.6 is 15.9 Å². The Morgan fingerprint density at radius 3 is 2.45 bits per heavy atom. The molecule has 0 aliphatic carbocycles. The lowest BCUT2D eigenvalue weighted by Crippen LogP contribution is -2.54. The van der Waals surface area contributed by atoms with Crippen molar-refractivity contribution in [2.75, 3.05) is 11.5 Å². The molecule has 1 heterocycles. The molecule has 1 aliphatic rings. The number of rotatable bonds is 7. The van der Waals surface area contributed by atoms with Gasteiger partial charge in [0.15, 0.2) is 0 Å². The van der Waals surface area contributed by atoms with Crippen LogP contribution in [0.3, 0.4) is 0 Å². The maximum absolute atomic E-state index is 13.2. The van der Waals surface area contributed by atoms with Crippen LogP contribution in [0.4, 0.5) is 10.5 Å². The van der Waals surface area contributed by atoms with Gasteiger partial charge >= 0.3 is 12.0 Å². The Hall–Kier alpha value is -4.76. The fourth-order valence-corrected chi connectivity index (χ4v) is 4.83. The summed E-state index contributed by atoms with van der Waals surface area (Å²) in [5.41, 5.74) is 1.85. The molecule has 200 valence electrons. The van der Waals surface area contributed by atoms with E-state index in [2.05, 4.69) is 21.2 Å².